The van der Waals surface area contributed by atoms with Gasteiger partial charge in [0.2, 0.25) is 0 Å². The molecule has 5 nitrogen and oxygen atoms in total. The number of nitrogens with one attached hydrogen (secondary N) is 2. The quantitative estimate of drug-likeness (QED) is 0.466. The smallest absolute Gasteiger partial charge is 0.254 e. The molecule has 1 aliphatic heterocycles. The van der Waals surface area contributed by atoms with Crippen molar-refractivity contribution in [2.45, 2.75) is 32.1 Å². The molecule has 2 N–H and O–H groups in total. The number of hydrogen-bond donors (Lipinski definition) is 2. The molecule has 0 saturated heterocycles. The van der Waals surface area contributed by atoms with E-state index in [4.69, 9.17) is 4.74 Å². The average molecular weight is 469 g/mol. The van der Waals surface area contributed by atoms with Crippen LogP contribution in [0.3, 0.4) is 0 Å². The number of hydrogen-bond acceptors (Lipinski definition) is 4. The van der Waals surface area contributed by atoms with Crippen LogP contribution in [0.25, 0.3) is 0 Å². The minimum Gasteiger partial charge on any atom is -0.457 e. The number of para-hydroxylation sites is 1. The molecule has 2 aliphatic rings. The van der Waals surface area contributed by atoms with Gasteiger partial charge in [0, 0.05) is 40.6 Å². The molecule has 1 atom stereocenters. The molecule has 1 aliphatic carbocycles. The lowest BCUT2D eigenvalue weighted by atomic mass is 9.75. The van der Waals surface area contributed by atoms with E-state index >= 15 is 0 Å². The fraction of sp³-hybridized carbons (Fsp3) is 0.172. The average Bonchev–Trinajstić information content (AvgIpc) is 2.85. The van der Waals surface area contributed by atoms with Gasteiger partial charge >= 0.3 is 0 Å². The maximum Gasteiger partial charge on any atom is 0.254 e. The van der Waals surface area contributed by atoms with E-state index in [0.29, 0.717) is 40.5 Å². The minimum atomic E-state index is -0.543. The highest BCUT2D eigenvalue weighted by atomic mass is 19.1. The molecule has 176 valence electrons. The van der Waals surface area contributed by atoms with Gasteiger partial charge in [-0.3, -0.25) is 9.59 Å². The summed E-state index contributed by atoms with van der Waals surface area (Å²) in [6, 6.07) is 22.6. The van der Waals surface area contributed by atoms with Gasteiger partial charge in [-0.1, -0.05) is 30.3 Å². The van der Waals surface area contributed by atoms with Crippen LogP contribution in [0.5, 0.6) is 11.5 Å². The summed E-state index contributed by atoms with van der Waals surface area (Å²) in [7, 11) is 0. The number of benzene rings is 3. The van der Waals surface area contributed by atoms with Crippen molar-refractivity contribution in [1.29, 1.82) is 0 Å². The summed E-state index contributed by atoms with van der Waals surface area (Å²) in [6.45, 7) is 1.85. The molecule has 6 heteroatoms. The van der Waals surface area contributed by atoms with Crippen LogP contribution in [0.1, 0.15) is 37.7 Å². The summed E-state index contributed by atoms with van der Waals surface area (Å²) in [4.78, 5) is 26.7. The largest absolute Gasteiger partial charge is 0.457 e. The highest BCUT2D eigenvalue weighted by Gasteiger charge is 2.38. The van der Waals surface area contributed by atoms with E-state index < -0.39 is 5.92 Å². The Morgan fingerprint density at radius 3 is 2.49 bits per heavy atom. The van der Waals surface area contributed by atoms with Crippen LogP contribution in [-0.2, 0) is 9.59 Å². The maximum atomic E-state index is 13.5. The number of rotatable bonds is 5. The molecule has 35 heavy (non-hydrogen) atoms. The van der Waals surface area contributed by atoms with Gasteiger partial charge in [-0.2, -0.15) is 0 Å². The number of Topliss-reactive ketones (excluding diaryl/α,β-unsaturated/α-hetero) is 1. The van der Waals surface area contributed by atoms with Crippen LogP contribution in [0, 0.1) is 5.82 Å². The Bertz CT molecular complexity index is 1340. The number of ether oxygens (including phenoxy) is 1. The molecule has 0 fully saturated rings. The normalized spacial score (nSPS) is 17.5. The second-order valence-electron chi connectivity index (χ2n) is 8.71. The zero-order valence-electron chi connectivity index (χ0n) is 19.3. The first-order chi connectivity index (χ1) is 17.0. The second-order valence-corrected chi connectivity index (χ2v) is 8.71. The standard InChI is InChI=1S/C29H25FN2O3/c1-18-26(29(34)32-21-15-13-20(30)14-16-21)27(28-24(31-18)11-6-12-25(28)33)19-7-5-10-23(17-19)35-22-8-3-2-4-9-22/h2-5,7-10,13-17,27,31H,6,11-12H2,1H3,(H,32,34)/t27-/m1/s1. The van der Waals surface area contributed by atoms with Crippen molar-refractivity contribution < 1.29 is 18.7 Å². The molecule has 3 aromatic rings. The zero-order chi connectivity index (χ0) is 24.4. The summed E-state index contributed by atoms with van der Waals surface area (Å²) in [6.07, 6.45) is 1.98. The van der Waals surface area contributed by atoms with Crippen LogP contribution in [0.2, 0.25) is 0 Å². The minimum absolute atomic E-state index is 0.0395. The van der Waals surface area contributed by atoms with Crippen LogP contribution >= 0.6 is 0 Å². The van der Waals surface area contributed by atoms with Crippen molar-refractivity contribution in [2.24, 2.45) is 0 Å². The van der Waals surface area contributed by atoms with Gasteiger partial charge in [0.25, 0.3) is 5.91 Å². The van der Waals surface area contributed by atoms with Gasteiger partial charge in [-0.25, -0.2) is 4.39 Å². The summed E-state index contributed by atoms with van der Waals surface area (Å²) >= 11 is 0. The van der Waals surface area contributed by atoms with Crippen molar-refractivity contribution in [3.8, 4) is 11.5 Å². The number of anilines is 1. The van der Waals surface area contributed by atoms with Gasteiger partial charge < -0.3 is 15.4 Å². The van der Waals surface area contributed by atoms with Gasteiger partial charge in [0.05, 0.1) is 0 Å². The molecule has 0 aromatic heterocycles. The topological polar surface area (TPSA) is 67.4 Å². The van der Waals surface area contributed by atoms with Crippen LogP contribution in [0.4, 0.5) is 10.1 Å². The van der Waals surface area contributed by atoms with E-state index in [1.165, 1.54) is 24.3 Å². The third-order valence-corrected chi connectivity index (χ3v) is 6.29. The highest BCUT2D eigenvalue weighted by Crippen LogP contribution is 2.43. The third kappa shape index (κ3) is 4.73. The van der Waals surface area contributed by atoms with Crippen molar-refractivity contribution in [1.82, 2.24) is 5.32 Å². The summed E-state index contributed by atoms with van der Waals surface area (Å²) in [5.74, 6) is 0.0917. The fourth-order valence-electron chi connectivity index (χ4n) is 4.73. The number of carbonyl (C=O) groups is 2. The van der Waals surface area contributed by atoms with Crippen LogP contribution in [-0.4, -0.2) is 11.7 Å². The van der Waals surface area contributed by atoms with Crippen LogP contribution in [0.15, 0.2) is 101 Å². The molecule has 0 radical (unpaired) electrons. The number of amides is 1. The first-order valence-electron chi connectivity index (χ1n) is 11.6. The number of dihydropyridines is 1. The van der Waals surface area contributed by atoms with Gasteiger partial charge in [-0.05, 0) is 73.9 Å². The van der Waals surface area contributed by atoms with E-state index in [1.807, 2.05) is 61.5 Å². The molecular formula is C29H25FN2O3. The molecule has 5 rings (SSSR count). The third-order valence-electron chi connectivity index (χ3n) is 6.29. The number of allylic oxidation sites excluding steroid dienone is 3. The lowest BCUT2D eigenvalue weighted by Gasteiger charge is -2.34. The second kappa shape index (κ2) is 9.58. The van der Waals surface area contributed by atoms with Gasteiger partial charge in [0.1, 0.15) is 17.3 Å². The monoisotopic (exact) mass is 468 g/mol. The van der Waals surface area contributed by atoms with E-state index in [-0.39, 0.29) is 17.5 Å². The summed E-state index contributed by atoms with van der Waals surface area (Å²) < 4.78 is 19.4. The Kier molecular flexibility index (Phi) is 6.19. The number of carbonyl (C=O) groups excluding carboxylic acids is 2. The molecule has 0 saturated carbocycles. The van der Waals surface area contributed by atoms with E-state index in [0.717, 1.165) is 24.1 Å². The van der Waals surface area contributed by atoms with E-state index in [1.54, 1.807) is 0 Å². The zero-order valence-corrected chi connectivity index (χ0v) is 19.3. The number of halogens is 1. The van der Waals surface area contributed by atoms with Crippen LogP contribution < -0.4 is 15.4 Å². The Hall–Kier alpha value is -4.19. The molecule has 0 bridgehead atoms. The van der Waals surface area contributed by atoms with E-state index in [2.05, 4.69) is 10.6 Å². The predicted molar refractivity (Wildman–Crippen MR) is 132 cm³/mol. The first kappa shape index (κ1) is 22.6. The molecule has 1 heterocycles. The molecule has 1 amide bonds. The lowest BCUT2D eigenvalue weighted by molar-refractivity contribution is -0.116. The Balaban J connectivity index is 1.55. The summed E-state index contributed by atoms with van der Waals surface area (Å²) in [5, 5.41) is 6.18. The summed E-state index contributed by atoms with van der Waals surface area (Å²) in [5.41, 5.74) is 3.93. The molecule has 3 aromatic carbocycles. The van der Waals surface area contributed by atoms with Crippen molar-refractivity contribution in [3.05, 3.63) is 113 Å². The van der Waals surface area contributed by atoms with Crippen molar-refractivity contribution in [3.63, 3.8) is 0 Å². The maximum absolute atomic E-state index is 13.5. The van der Waals surface area contributed by atoms with Gasteiger partial charge in [-0.15, -0.1) is 0 Å². The highest BCUT2D eigenvalue weighted by molar-refractivity contribution is 6.09. The molecular weight excluding hydrogens is 443 g/mol. The van der Waals surface area contributed by atoms with Gasteiger partial charge in [0.15, 0.2) is 5.78 Å². The molecule has 0 spiro atoms. The lowest BCUT2D eigenvalue weighted by Crippen LogP contribution is -2.35. The fourth-order valence-corrected chi connectivity index (χ4v) is 4.73. The van der Waals surface area contributed by atoms with E-state index in [9.17, 15) is 14.0 Å². The Labute approximate surface area is 203 Å². The Morgan fingerprint density at radius 2 is 1.71 bits per heavy atom. The first-order valence-corrected chi connectivity index (χ1v) is 11.6. The number of ketones is 1. The SMILES string of the molecule is CC1=C(C(=O)Nc2ccc(F)cc2)[C@@H](c2cccc(Oc3ccccc3)c2)C2=C(CCCC2=O)N1. The van der Waals surface area contributed by atoms with Crippen molar-refractivity contribution in [2.75, 3.05) is 5.32 Å². The van der Waals surface area contributed by atoms with Crippen molar-refractivity contribution >= 4 is 17.4 Å². The predicted octanol–water partition coefficient (Wildman–Crippen LogP) is 6.22. The molecule has 0 unspecified atom stereocenters. The Morgan fingerprint density at radius 1 is 0.971 bits per heavy atom.